The fourth-order valence-electron chi connectivity index (χ4n) is 3.24. The second kappa shape index (κ2) is 8.43. The maximum absolute atomic E-state index is 3.76. The van der Waals surface area contributed by atoms with Crippen LogP contribution in [0.15, 0.2) is 30.3 Å². The van der Waals surface area contributed by atoms with Crippen molar-refractivity contribution in [1.29, 1.82) is 0 Å². The fourth-order valence-corrected chi connectivity index (χ4v) is 3.24. The minimum absolute atomic E-state index is 0.453. The average Bonchev–Trinajstić information content (AvgIpc) is 2.77. The zero-order valence-electron chi connectivity index (χ0n) is 13.1. The smallest absolute Gasteiger partial charge is 0.0475 e. The molecule has 1 aromatic rings. The number of hydrogen-bond donors (Lipinski definition) is 1. The van der Waals surface area contributed by atoms with E-state index in [-0.39, 0.29) is 0 Å². The Morgan fingerprint density at radius 2 is 1.70 bits per heavy atom. The summed E-state index contributed by atoms with van der Waals surface area (Å²) in [6.07, 6.45) is 6.72. The van der Waals surface area contributed by atoms with E-state index in [1.54, 1.807) is 0 Å². The van der Waals surface area contributed by atoms with E-state index in [2.05, 4.69) is 54.4 Å². The lowest BCUT2D eigenvalue weighted by molar-refractivity contribution is 0.175. The summed E-state index contributed by atoms with van der Waals surface area (Å²) >= 11 is 0. The van der Waals surface area contributed by atoms with Gasteiger partial charge in [0, 0.05) is 12.1 Å². The highest BCUT2D eigenvalue weighted by Crippen LogP contribution is 2.23. The normalized spacial score (nSPS) is 20.3. The van der Waals surface area contributed by atoms with Gasteiger partial charge in [-0.15, -0.1) is 0 Å². The van der Waals surface area contributed by atoms with Crippen molar-refractivity contribution in [3.63, 3.8) is 0 Å². The first-order valence-corrected chi connectivity index (χ1v) is 8.35. The molecule has 0 aromatic heterocycles. The van der Waals surface area contributed by atoms with E-state index < -0.39 is 0 Å². The van der Waals surface area contributed by atoms with Crippen LogP contribution in [0, 0.1) is 0 Å². The Morgan fingerprint density at radius 1 is 1.05 bits per heavy atom. The topological polar surface area (TPSA) is 15.3 Å². The van der Waals surface area contributed by atoms with Gasteiger partial charge < -0.3 is 5.32 Å². The first-order chi connectivity index (χ1) is 9.83. The second-order valence-corrected chi connectivity index (χ2v) is 6.03. The molecule has 1 saturated heterocycles. The third-order valence-electron chi connectivity index (χ3n) is 4.47. The molecule has 2 heteroatoms. The van der Waals surface area contributed by atoms with Crippen LogP contribution in [0.4, 0.5) is 0 Å². The van der Waals surface area contributed by atoms with Crippen molar-refractivity contribution in [2.24, 2.45) is 0 Å². The summed E-state index contributed by atoms with van der Waals surface area (Å²) in [6, 6.07) is 12.0. The Hall–Kier alpha value is -0.860. The van der Waals surface area contributed by atoms with Crippen molar-refractivity contribution >= 4 is 0 Å². The van der Waals surface area contributed by atoms with Crippen molar-refractivity contribution < 1.29 is 0 Å². The summed E-state index contributed by atoms with van der Waals surface area (Å²) in [6.45, 7) is 8.26. The van der Waals surface area contributed by atoms with E-state index in [9.17, 15) is 0 Å². The fraction of sp³-hybridized carbons (Fsp3) is 0.667. The number of hydrogen-bond acceptors (Lipinski definition) is 2. The average molecular weight is 274 g/mol. The Morgan fingerprint density at radius 3 is 2.30 bits per heavy atom. The molecule has 0 spiro atoms. The van der Waals surface area contributed by atoms with Crippen LogP contribution in [0.2, 0.25) is 0 Å². The SMILES string of the molecule is CCCNC(c1ccccc1)C(C)N1CCCCCC1. The van der Waals surface area contributed by atoms with Crippen molar-refractivity contribution in [1.82, 2.24) is 10.2 Å². The minimum Gasteiger partial charge on any atom is -0.309 e. The van der Waals surface area contributed by atoms with Crippen LogP contribution in [-0.4, -0.2) is 30.6 Å². The van der Waals surface area contributed by atoms with Gasteiger partial charge in [-0.05, 0) is 51.4 Å². The van der Waals surface area contributed by atoms with Gasteiger partial charge in [0.15, 0.2) is 0 Å². The molecule has 0 saturated carbocycles. The van der Waals surface area contributed by atoms with E-state index in [0.717, 1.165) is 6.54 Å². The second-order valence-electron chi connectivity index (χ2n) is 6.03. The molecule has 1 fully saturated rings. The number of rotatable bonds is 6. The molecule has 1 aromatic carbocycles. The quantitative estimate of drug-likeness (QED) is 0.843. The van der Waals surface area contributed by atoms with Crippen molar-refractivity contribution in [2.45, 2.75) is 58.0 Å². The van der Waals surface area contributed by atoms with E-state index in [1.807, 2.05) is 0 Å². The molecule has 2 rings (SSSR count). The van der Waals surface area contributed by atoms with Crippen LogP contribution in [0.1, 0.15) is 57.6 Å². The van der Waals surface area contributed by atoms with Gasteiger partial charge in [0.25, 0.3) is 0 Å². The highest BCUT2D eigenvalue weighted by atomic mass is 15.2. The number of benzene rings is 1. The number of nitrogens with one attached hydrogen (secondary N) is 1. The molecule has 2 atom stereocenters. The summed E-state index contributed by atoms with van der Waals surface area (Å²) in [5.74, 6) is 0. The lowest BCUT2D eigenvalue weighted by Gasteiger charge is -2.35. The third kappa shape index (κ3) is 4.32. The third-order valence-corrected chi connectivity index (χ3v) is 4.47. The maximum atomic E-state index is 3.76. The summed E-state index contributed by atoms with van der Waals surface area (Å²) in [4.78, 5) is 2.69. The molecule has 20 heavy (non-hydrogen) atoms. The molecule has 1 N–H and O–H groups in total. The molecular formula is C18H30N2. The van der Waals surface area contributed by atoms with Gasteiger partial charge in [-0.2, -0.15) is 0 Å². The first-order valence-electron chi connectivity index (χ1n) is 8.35. The summed E-state index contributed by atoms with van der Waals surface area (Å²) < 4.78 is 0. The Labute approximate surface area is 124 Å². The highest BCUT2D eigenvalue weighted by Gasteiger charge is 2.24. The first kappa shape index (κ1) is 15.5. The van der Waals surface area contributed by atoms with E-state index in [1.165, 1.54) is 50.8 Å². The molecule has 1 aliphatic heterocycles. The summed E-state index contributed by atoms with van der Waals surface area (Å²) in [5, 5.41) is 3.76. The largest absolute Gasteiger partial charge is 0.309 e. The predicted octanol–water partition coefficient (Wildman–Crippen LogP) is 3.99. The number of nitrogens with zero attached hydrogens (tertiary/aromatic N) is 1. The molecule has 112 valence electrons. The van der Waals surface area contributed by atoms with Gasteiger partial charge in [-0.1, -0.05) is 50.1 Å². The van der Waals surface area contributed by atoms with E-state index in [4.69, 9.17) is 0 Å². The van der Waals surface area contributed by atoms with Gasteiger partial charge in [0.1, 0.15) is 0 Å². The Balaban J connectivity index is 2.08. The summed E-state index contributed by atoms with van der Waals surface area (Å²) in [7, 11) is 0. The highest BCUT2D eigenvalue weighted by molar-refractivity contribution is 5.20. The van der Waals surface area contributed by atoms with E-state index in [0.29, 0.717) is 12.1 Å². The van der Waals surface area contributed by atoms with E-state index >= 15 is 0 Å². The monoisotopic (exact) mass is 274 g/mol. The standard InChI is InChI=1S/C18H30N2/c1-3-13-19-18(17-11-7-6-8-12-17)16(2)20-14-9-4-5-10-15-20/h6-8,11-12,16,18-19H,3-5,9-10,13-15H2,1-2H3. The zero-order chi connectivity index (χ0) is 14.2. The Kier molecular flexibility index (Phi) is 6.55. The molecule has 0 bridgehead atoms. The zero-order valence-corrected chi connectivity index (χ0v) is 13.1. The van der Waals surface area contributed by atoms with Crippen LogP contribution >= 0.6 is 0 Å². The minimum atomic E-state index is 0.453. The van der Waals surface area contributed by atoms with Crippen LogP contribution in [0.25, 0.3) is 0 Å². The molecule has 2 unspecified atom stereocenters. The van der Waals surface area contributed by atoms with Gasteiger partial charge in [-0.25, -0.2) is 0 Å². The lowest BCUT2D eigenvalue weighted by Crippen LogP contribution is -2.43. The number of likely N-dealkylation sites (tertiary alicyclic amines) is 1. The van der Waals surface area contributed by atoms with Gasteiger partial charge >= 0.3 is 0 Å². The van der Waals surface area contributed by atoms with Gasteiger partial charge in [-0.3, -0.25) is 4.90 Å². The molecule has 1 aliphatic rings. The van der Waals surface area contributed by atoms with Gasteiger partial charge in [0.05, 0.1) is 0 Å². The van der Waals surface area contributed by atoms with Crippen molar-refractivity contribution in [2.75, 3.05) is 19.6 Å². The molecular weight excluding hydrogens is 244 g/mol. The predicted molar refractivity (Wildman–Crippen MR) is 87.0 cm³/mol. The van der Waals surface area contributed by atoms with Crippen molar-refractivity contribution in [3.8, 4) is 0 Å². The van der Waals surface area contributed by atoms with Crippen molar-refractivity contribution in [3.05, 3.63) is 35.9 Å². The summed E-state index contributed by atoms with van der Waals surface area (Å²) in [5.41, 5.74) is 1.43. The van der Waals surface area contributed by atoms with Crippen LogP contribution < -0.4 is 5.32 Å². The molecule has 0 aliphatic carbocycles. The Bertz CT molecular complexity index is 355. The molecule has 1 heterocycles. The molecule has 0 radical (unpaired) electrons. The van der Waals surface area contributed by atoms with Crippen LogP contribution in [0.5, 0.6) is 0 Å². The van der Waals surface area contributed by atoms with Crippen LogP contribution in [0.3, 0.4) is 0 Å². The maximum Gasteiger partial charge on any atom is 0.0475 e. The molecule has 0 amide bonds. The van der Waals surface area contributed by atoms with Gasteiger partial charge in [0.2, 0.25) is 0 Å². The molecule has 2 nitrogen and oxygen atoms in total. The van der Waals surface area contributed by atoms with Crippen LogP contribution in [-0.2, 0) is 0 Å². The lowest BCUT2D eigenvalue weighted by atomic mass is 9.98.